The SMILES string of the molecule is CC(=C/C(C)C)/C=N/NC(N)=O. The average Bonchev–Trinajstić information content (AvgIpc) is 1.84. The fraction of sp³-hybridized carbons (Fsp3) is 0.500. The van der Waals surface area contributed by atoms with Crippen molar-refractivity contribution in [2.75, 3.05) is 0 Å². The molecule has 4 heteroatoms. The molecule has 0 aromatic rings. The van der Waals surface area contributed by atoms with E-state index < -0.39 is 6.03 Å². The average molecular weight is 169 g/mol. The van der Waals surface area contributed by atoms with Crippen LogP contribution in [0.25, 0.3) is 0 Å². The molecule has 0 rings (SSSR count). The third-order valence-corrected chi connectivity index (χ3v) is 1.04. The Hall–Kier alpha value is -1.32. The second-order valence-corrected chi connectivity index (χ2v) is 2.89. The highest BCUT2D eigenvalue weighted by atomic mass is 16.2. The second-order valence-electron chi connectivity index (χ2n) is 2.89. The van der Waals surface area contributed by atoms with Gasteiger partial charge in [0, 0.05) is 6.21 Å². The topological polar surface area (TPSA) is 67.5 Å². The van der Waals surface area contributed by atoms with Crippen LogP contribution in [0.1, 0.15) is 20.8 Å². The van der Waals surface area contributed by atoms with Crippen LogP contribution in [0.15, 0.2) is 16.8 Å². The number of carbonyl (C=O) groups excluding carboxylic acids is 1. The highest BCUT2D eigenvalue weighted by Gasteiger charge is 1.88. The second kappa shape index (κ2) is 5.35. The summed E-state index contributed by atoms with van der Waals surface area (Å²) in [6.45, 7) is 6.05. The first kappa shape index (κ1) is 10.7. The molecule has 0 fully saturated rings. The number of hydrazone groups is 1. The first-order valence-electron chi connectivity index (χ1n) is 3.79. The minimum Gasteiger partial charge on any atom is -0.350 e. The lowest BCUT2D eigenvalue weighted by Gasteiger charge is -1.96. The lowest BCUT2D eigenvalue weighted by molar-refractivity contribution is 0.249. The first-order chi connectivity index (χ1) is 5.52. The van der Waals surface area contributed by atoms with Crippen LogP contribution in [0.2, 0.25) is 0 Å². The van der Waals surface area contributed by atoms with Crippen molar-refractivity contribution in [3.8, 4) is 0 Å². The number of urea groups is 1. The molecule has 2 amide bonds. The molecule has 0 aliphatic rings. The molecule has 0 spiro atoms. The number of hydrogen-bond donors (Lipinski definition) is 2. The summed E-state index contributed by atoms with van der Waals surface area (Å²) in [4.78, 5) is 10.2. The predicted molar refractivity (Wildman–Crippen MR) is 49.8 cm³/mol. The molecule has 0 radical (unpaired) electrons. The molecule has 0 unspecified atom stereocenters. The quantitative estimate of drug-likeness (QED) is 0.484. The van der Waals surface area contributed by atoms with Crippen molar-refractivity contribution in [1.82, 2.24) is 5.43 Å². The zero-order chi connectivity index (χ0) is 9.56. The molecule has 12 heavy (non-hydrogen) atoms. The molecule has 0 aliphatic heterocycles. The van der Waals surface area contributed by atoms with Crippen LogP contribution >= 0.6 is 0 Å². The van der Waals surface area contributed by atoms with Gasteiger partial charge in [-0.3, -0.25) is 0 Å². The Labute approximate surface area is 72.5 Å². The highest BCUT2D eigenvalue weighted by molar-refractivity contribution is 5.79. The third kappa shape index (κ3) is 6.80. The van der Waals surface area contributed by atoms with Crippen LogP contribution in [0.3, 0.4) is 0 Å². The molecule has 68 valence electrons. The van der Waals surface area contributed by atoms with E-state index in [0.717, 1.165) is 5.57 Å². The largest absolute Gasteiger partial charge is 0.350 e. The van der Waals surface area contributed by atoms with E-state index in [2.05, 4.69) is 24.4 Å². The van der Waals surface area contributed by atoms with Gasteiger partial charge in [0.1, 0.15) is 0 Å². The maximum absolute atomic E-state index is 10.2. The van der Waals surface area contributed by atoms with Crippen LogP contribution in [0.4, 0.5) is 4.79 Å². The summed E-state index contributed by atoms with van der Waals surface area (Å²) >= 11 is 0. The molecule has 0 atom stereocenters. The number of nitrogens with two attached hydrogens (primary N) is 1. The number of nitrogens with one attached hydrogen (secondary N) is 1. The number of allylic oxidation sites excluding steroid dienone is 2. The monoisotopic (exact) mass is 169 g/mol. The van der Waals surface area contributed by atoms with Crippen molar-refractivity contribution in [3.05, 3.63) is 11.6 Å². The molecule has 0 saturated heterocycles. The van der Waals surface area contributed by atoms with Gasteiger partial charge in [-0.05, 0) is 18.4 Å². The smallest absolute Gasteiger partial charge is 0.332 e. The highest BCUT2D eigenvalue weighted by Crippen LogP contribution is 1.98. The molecule has 0 bridgehead atoms. The summed E-state index contributed by atoms with van der Waals surface area (Å²) < 4.78 is 0. The maximum Gasteiger partial charge on any atom is 0.332 e. The van der Waals surface area contributed by atoms with E-state index in [9.17, 15) is 4.79 Å². The molecule has 0 aromatic heterocycles. The molecule has 0 aliphatic carbocycles. The van der Waals surface area contributed by atoms with Gasteiger partial charge in [0.2, 0.25) is 0 Å². The van der Waals surface area contributed by atoms with Gasteiger partial charge >= 0.3 is 6.03 Å². The van der Waals surface area contributed by atoms with Gasteiger partial charge in [0.05, 0.1) is 0 Å². The molecular formula is C8H15N3O. The van der Waals surface area contributed by atoms with Crippen molar-refractivity contribution >= 4 is 12.2 Å². The summed E-state index contributed by atoms with van der Waals surface area (Å²) in [5.74, 6) is 0.477. The third-order valence-electron chi connectivity index (χ3n) is 1.04. The molecular weight excluding hydrogens is 154 g/mol. The normalized spacial score (nSPS) is 12.5. The van der Waals surface area contributed by atoms with Crippen LogP contribution in [0.5, 0.6) is 0 Å². The minimum atomic E-state index is -0.649. The van der Waals surface area contributed by atoms with Gasteiger partial charge in [-0.1, -0.05) is 19.9 Å². The Morgan fingerprint density at radius 1 is 1.58 bits per heavy atom. The standard InChI is InChI=1S/C8H15N3O/c1-6(2)4-7(3)5-10-11-8(9)12/h4-6H,1-3H3,(H3,9,11,12)/b7-4-,10-5+. The Bertz CT molecular complexity index is 206. The van der Waals surface area contributed by atoms with Gasteiger partial charge < -0.3 is 5.73 Å². The number of carbonyl (C=O) groups is 1. The van der Waals surface area contributed by atoms with Crippen molar-refractivity contribution < 1.29 is 4.79 Å². The summed E-state index contributed by atoms with van der Waals surface area (Å²) in [5, 5.41) is 3.61. The number of rotatable bonds is 3. The van der Waals surface area contributed by atoms with E-state index in [1.165, 1.54) is 0 Å². The zero-order valence-corrected chi connectivity index (χ0v) is 7.66. The van der Waals surface area contributed by atoms with E-state index in [4.69, 9.17) is 5.73 Å². The maximum atomic E-state index is 10.2. The van der Waals surface area contributed by atoms with Gasteiger partial charge in [-0.15, -0.1) is 0 Å². The number of hydrogen-bond acceptors (Lipinski definition) is 2. The van der Waals surface area contributed by atoms with Crippen molar-refractivity contribution in [3.63, 3.8) is 0 Å². The van der Waals surface area contributed by atoms with Crippen LogP contribution in [-0.2, 0) is 0 Å². The van der Waals surface area contributed by atoms with E-state index >= 15 is 0 Å². The van der Waals surface area contributed by atoms with Gasteiger partial charge in [0.25, 0.3) is 0 Å². The van der Waals surface area contributed by atoms with E-state index in [1.807, 2.05) is 13.0 Å². The van der Waals surface area contributed by atoms with Crippen molar-refractivity contribution in [2.24, 2.45) is 16.8 Å². The number of nitrogens with zero attached hydrogens (tertiary/aromatic N) is 1. The minimum absolute atomic E-state index is 0.477. The van der Waals surface area contributed by atoms with Crippen LogP contribution in [0, 0.1) is 5.92 Å². The fourth-order valence-corrected chi connectivity index (χ4v) is 0.767. The summed E-state index contributed by atoms with van der Waals surface area (Å²) in [6, 6.07) is -0.649. The van der Waals surface area contributed by atoms with E-state index in [-0.39, 0.29) is 0 Å². The molecule has 0 aromatic carbocycles. The number of amides is 2. The van der Waals surface area contributed by atoms with Crippen molar-refractivity contribution in [1.29, 1.82) is 0 Å². The summed E-state index contributed by atoms with van der Waals surface area (Å²) in [7, 11) is 0. The fourth-order valence-electron chi connectivity index (χ4n) is 0.767. The first-order valence-corrected chi connectivity index (χ1v) is 3.79. The Balaban J connectivity index is 3.90. The Morgan fingerprint density at radius 3 is 2.58 bits per heavy atom. The van der Waals surface area contributed by atoms with E-state index in [1.54, 1.807) is 6.21 Å². The van der Waals surface area contributed by atoms with Crippen LogP contribution in [-0.4, -0.2) is 12.2 Å². The van der Waals surface area contributed by atoms with Gasteiger partial charge in [-0.2, -0.15) is 5.10 Å². The molecule has 3 N–H and O–H groups in total. The zero-order valence-electron chi connectivity index (χ0n) is 7.66. The molecule has 0 saturated carbocycles. The summed E-state index contributed by atoms with van der Waals surface area (Å²) in [6.07, 6.45) is 3.59. The van der Waals surface area contributed by atoms with Crippen molar-refractivity contribution in [2.45, 2.75) is 20.8 Å². The predicted octanol–water partition coefficient (Wildman–Crippen LogP) is 1.24. The Morgan fingerprint density at radius 2 is 2.17 bits per heavy atom. The number of primary amides is 1. The molecule has 0 heterocycles. The van der Waals surface area contributed by atoms with E-state index in [0.29, 0.717) is 5.92 Å². The molecule has 4 nitrogen and oxygen atoms in total. The lowest BCUT2D eigenvalue weighted by atomic mass is 10.1. The van der Waals surface area contributed by atoms with Crippen LogP contribution < -0.4 is 11.2 Å². The Kier molecular flexibility index (Phi) is 4.76. The summed E-state index contributed by atoms with van der Waals surface area (Å²) in [5.41, 5.74) is 7.91. The lowest BCUT2D eigenvalue weighted by Crippen LogP contribution is -2.24. The van der Waals surface area contributed by atoms with Gasteiger partial charge in [-0.25, -0.2) is 10.2 Å². The van der Waals surface area contributed by atoms with Gasteiger partial charge in [0.15, 0.2) is 0 Å².